The lowest BCUT2D eigenvalue weighted by atomic mass is 10.2. The molecule has 0 N–H and O–H groups in total. The summed E-state index contributed by atoms with van der Waals surface area (Å²) in [6.07, 6.45) is -3.21. The van der Waals surface area contributed by atoms with Crippen LogP contribution in [0.25, 0.3) is 0 Å². The summed E-state index contributed by atoms with van der Waals surface area (Å²) in [5, 5.41) is 0. The summed E-state index contributed by atoms with van der Waals surface area (Å²) >= 11 is 0. The van der Waals surface area contributed by atoms with Crippen LogP contribution in [0.4, 0.5) is 13.2 Å². The summed E-state index contributed by atoms with van der Waals surface area (Å²) in [4.78, 5) is 3.54. The molecule has 0 unspecified atom stereocenters. The summed E-state index contributed by atoms with van der Waals surface area (Å²) in [6.45, 7) is 3.28. The van der Waals surface area contributed by atoms with Gasteiger partial charge < -0.3 is 0 Å². The summed E-state index contributed by atoms with van der Waals surface area (Å²) in [5.74, 6) is 0. The second-order valence-corrected chi connectivity index (χ2v) is 2.03. The fourth-order valence-electron chi connectivity index (χ4n) is 0.655. The minimum atomic E-state index is -4.30. The van der Waals surface area contributed by atoms with Crippen molar-refractivity contribution >= 4 is 0 Å². The van der Waals surface area contributed by atoms with Crippen LogP contribution < -0.4 is 0 Å². The minimum Gasteiger partial charge on any atom is -0.261 e. The molecule has 0 aliphatic carbocycles. The van der Waals surface area contributed by atoms with Gasteiger partial charge in [0.1, 0.15) is 0 Å². The number of hydrogen-bond acceptors (Lipinski definition) is 1. The van der Waals surface area contributed by atoms with Crippen molar-refractivity contribution in [2.75, 3.05) is 0 Å². The van der Waals surface area contributed by atoms with Gasteiger partial charge in [0.05, 0.1) is 5.56 Å². The van der Waals surface area contributed by atoms with Gasteiger partial charge in [-0.1, -0.05) is 0 Å². The highest BCUT2D eigenvalue weighted by molar-refractivity contribution is 5.20. The van der Waals surface area contributed by atoms with E-state index >= 15 is 0 Å². The first kappa shape index (κ1) is 8.04. The van der Waals surface area contributed by atoms with Gasteiger partial charge in [0.25, 0.3) is 0 Å². The van der Waals surface area contributed by atoms with E-state index in [9.17, 15) is 13.2 Å². The molecule has 0 aromatic carbocycles. The number of rotatable bonds is 0. The van der Waals surface area contributed by atoms with Gasteiger partial charge in [0.2, 0.25) is 0 Å². The third-order valence-electron chi connectivity index (χ3n) is 1.14. The minimum absolute atomic E-state index is 0.125. The molecule has 1 rings (SSSR count). The van der Waals surface area contributed by atoms with Crippen molar-refractivity contribution in [3.8, 4) is 0 Å². The van der Waals surface area contributed by atoms with Crippen molar-refractivity contribution in [3.05, 3.63) is 36.5 Å². The van der Waals surface area contributed by atoms with Crippen LogP contribution in [0.15, 0.2) is 18.3 Å². The zero-order valence-electron chi connectivity index (χ0n) is 5.52. The maximum absolute atomic E-state index is 11.9. The molecule has 0 saturated carbocycles. The van der Waals surface area contributed by atoms with Gasteiger partial charge in [-0.05, 0) is 19.1 Å². The van der Waals surface area contributed by atoms with Crippen molar-refractivity contribution in [2.24, 2.45) is 0 Å². The molecule has 59 valence electrons. The van der Waals surface area contributed by atoms with E-state index in [-0.39, 0.29) is 5.69 Å². The molecule has 0 fully saturated rings. The van der Waals surface area contributed by atoms with Crippen molar-refractivity contribution in [2.45, 2.75) is 6.18 Å². The van der Waals surface area contributed by atoms with Gasteiger partial charge in [-0.2, -0.15) is 13.2 Å². The van der Waals surface area contributed by atoms with Crippen LogP contribution in [-0.2, 0) is 6.18 Å². The van der Waals surface area contributed by atoms with E-state index < -0.39 is 11.7 Å². The van der Waals surface area contributed by atoms with Crippen molar-refractivity contribution in [3.63, 3.8) is 0 Å². The van der Waals surface area contributed by atoms with E-state index in [0.717, 1.165) is 18.3 Å². The van der Waals surface area contributed by atoms with Gasteiger partial charge >= 0.3 is 6.18 Å². The number of halogens is 3. The molecular weight excluding hydrogens is 155 g/mol. The zero-order valence-corrected chi connectivity index (χ0v) is 5.52. The Morgan fingerprint density at radius 2 is 2.00 bits per heavy atom. The molecule has 0 aliphatic rings. The lowest BCUT2D eigenvalue weighted by Crippen LogP contribution is -2.05. The van der Waals surface area contributed by atoms with Crippen LogP contribution in [0.5, 0.6) is 0 Å². The van der Waals surface area contributed by atoms with Crippen molar-refractivity contribution < 1.29 is 13.2 Å². The second-order valence-electron chi connectivity index (χ2n) is 2.03. The molecule has 11 heavy (non-hydrogen) atoms. The van der Waals surface area contributed by atoms with E-state index in [0.29, 0.717) is 0 Å². The number of alkyl halides is 3. The maximum atomic E-state index is 11.9. The maximum Gasteiger partial charge on any atom is 0.416 e. The molecule has 0 spiro atoms. The predicted octanol–water partition coefficient (Wildman–Crippen LogP) is 2.28. The summed E-state index contributed by atoms with van der Waals surface area (Å²) in [5.41, 5.74) is -0.586. The summed E-state index contributed by atoms with van der Waals surface area (Å²) < 4.78 is 35.7. The van der Waals surface area contributed by atoms with E-state index in [2.05, 4.69) is 11.9 Å². The normalized spacial score (nSPS) is 11.6. The lowest BCUT2D eigenvalue weighted by molar-refractivity contribution is -0.137. The van der Waals surface area contributed by atoms with E-state index in [4.69, 9.17) is 0 Å². The average Bonchev–Trinajstić information content (AvgIpc) is 1.86. The van der Waals surface area contributed by atoms with E-state index in [1.54, 1.807) is 0 Å². The standard InChI is InChI=1S/C7H5F3N/c1-5-4-6(2-3-11-5)7(8,9)10/h2-4H,1H2. The number of nitrogens with zero attached hydrogens (tertiary/aromatic N) is 1. The molecular formula is C7H5F3N. The number of pyridine rings is 1. The first-order valence-corrected chi connectivity index (χ1v) is 2.85. The van der Waals surface area contributed by atoms with Gasteiger partial charge in [0, 0.05) is 11.9 Å². The van der Waals surface area contributed by atoms with Crippen LogP contribution in [0.1, 0.15) is 11.3 Å². The Bertz CT molecular complexity index is 254. The highest BCUT2D eigenvalue weighted by Crippen LogP contribution is 2.28. The molecule has 0 saturated heterocycles. The molecule has 0 aliphatic heterocycles. The van der Waals surface area contributed by atoms with Crippen LogP contribution in [0, 0.1) is 6.92 Å². The van der Waals surface area contributed by atoms with Gasteiger partial charge in [-0.3, -0.25) is 4.98 Å². The fraction of sp³-hybridized carbons (Fsp3) is 0.143. The SMILES string of the molecule is [CH2]c1cc(C(F)(F)F)ccn1. The van der Waals surface area contributed by atoms with Gasteiger partial charge in [0.15, 0.2) is 0 Å². The molecule has 1 radical (unpaired) electrons. The quantitative estimate of drug-likeness (QED) is 0.567. The first-order valence-electron chi connectivity index (χ1n) is 2.85. The highest BCUT2D eigenvalue weighted by Gasteiger charge is 2.30. The second kappa shape index (κ2) is 2.53. The molecule has 1 nitrogen and oxygen atoms in total. The topological polar surface area (TPSA) is 12.9 Å². The van der Waals surface area contributed by atoms with Crippen LogP contribution >= 0.6 is 0 Å². The molecule has 1 aromatic heterocycles. The highest BCUT2D eigenvalue weighted by atomic mass is 19.4. The largest absolute Gasteiger partial charge is 0.416 e. The molecule has 0 bridgehead atoms. The number of aromatic nitrogens is 1. The van der Waals surface area contributed by atoms with Crippen LogP contribution in [-0.4, -0.2) is 4.98 Å². The molecule has 1 heterocycles. The number of hydrogen-bond donors (Lipinski definition) is 0. The Labute approximate surface area is 61.9 Å². The molecule has 0 atom stereocenters. The van der Waals surface area contributed by atoms with Crippen LogP contribution in [0.2, 0.25) is 0 Å². The monoisotopic (exact) mass is 160 g/mol. The third kappa shape index (κ3) is 1.93. The fourth-order valence-corrected chi connectivity index (χ4v) is 0.655. The smallest absolute Gasteiger partial charge is 0.261 e. The predicted molar refractivity (Wildman–Crippen MR) is 33.7 cm³/mol. The summed E-state index contributed by atoms with van der Waals surface area (Å²) in [7, 11) is 0. The van der Waals surface area contributed by atoms with Crippen molar-refractivity contribution in [1.29, 1.82) is 0 Å². The molecule has 1 aromatic rings. The van der Waals surface area contributed by atoms with Crippen molar-refractivity contribution in [1.82, 2.24) is 4.98 Å². The Hall–Kier alpha value is -1.06. The Kier molecular flexibility index (Phi) is 1.85. The lowest BCUT2D eigenvalue weighted by Gasteiger charge is -2.05. The van der Waals surface area contributed by atoms with Gasteiger partial charge in [-0.25, -0.2) is 0 Å². The average molecular weight is 160 g/mol. The van der Waals surface area contributed by atoms with Crippen LogP contribution in [0.3, 0.4) is 0 Å². The third-order valence-corrected chi connectivity index (χ3v) is 1.14. The van der Waals surface area contributed by atoms with E-state index in [1.165, 1.54) is 0 Å². The van der Waals surface area contributed by atoms with Gasteiger partial charge in [-0.15, -0.1) is 0 Å². The molecule has 0 amide bonds. The Morgan fingerprint density at radius 1 is 1.36 bits per heavy atom. The Balaban J connectivity index is 3.06. The first-order chi connectivity index (χ1) is 5.00. The zero-order chi connectivity index (χ0) is 8.48. The van der Waals surface area contributed by atoms with E-state index in [1.807, 2.05) is 0 Å². The summed E-state index contributed by atoms with van der Waals surface area (Å²) in [6, 6.07) is 1.81. The Morgan fingerprint density at radius 3 is 2.36 bits per heavy atom. The molecule has 4 heteroatoms.